The molecule has 1 spiro atoms. The third-order valence-corrected chi connectivity index (χ3v) is 14.1. The Bertz CT molecular complexity index is 3050. The van der Waals surface area contributed by atoms with E-state index in [2.05, 4.69) is 210 Å². The molecule has 12 rings (SSSR count). The van der Waals surface area contributed by atoms with Gasteiger partial charge >= 0.3 is 0 Å². The van der Waals surface area contributed by atoms with Gasteiger partial charge < -0.3 is 0 Å². The first-order valence-corrected chi connectivity index (χ1v) is 25.7. The third kappa shape index (κ3) is 9.82. The van der Waals surface area contributed by atoms with E-state index in [0.717, 1.165) is 12.8 Å². The van der Waals surface area contributed by atoms with Gasteiger partial charge in [-0.1, -0.05) is 265 Å². The number of rotatable bonds is 5. The molecule has 0 fully saturated rings. The summed E-state index contributed by atoms with van der Waals surface area (Å²) >= 11 is 0. The summed E-state index contributed by atoms with van der Waals surface area (Å²) in [5.41, 5.74) is 24.1. The number of hydrogen-bond donors (Lipinski definition) is 0. The molecular weight excluding hydrogens is 829 g/mol. The second kappa shape index (κ2) is 22.9. The van der Waals surface area contributed by atoms with Crippen molar-refractivity contribution in [3.63, 3.8) is 0 Å². The topological polar surface area (TPSA) is 0 Å². The predicted molar refractivity (Wildman–Crippen MR) is 304 cm³/mol. The summed E-state index contributed by atoms with van der Waals surface area (Å²) in [5.74, 6) is 0. The molecule has 0 aliphatic heterocycles. The molecule has 0 amide bonds. The fraction of sp³-hybridized carbons (Fsp3) is 0.217. The summed E-state index contributed by atoms with van der Waals surface area (Å²) < 4.78 is 0. The minimum atomic E-state index is -0.136. The third-order valence-electron chi connectivity index (χ3n) is 14.1. The molecule has 0 saturated heterocycles. The molecule has 0 saturated carbocycles. The number of unbranched alkanes of at least 4 members (excludes halogenated alkanes) is 1. The Morgan fingerprint density at radius 1 is 0.493 bits per heavy atom. The zero-order valence-electron chi connectivity index (χ0n) is 42.0. The van der Waals surface area contributed by atoms with Gasteiger partial charge in [-0.2, -0.15) is 0 Å². The van der Waals surface area contributed by atoms with Crippen LogP contribution in [0.3, 0.4) is 0 Å². The lowest BCUT2D eigenvalue weighted by Gasteiger charge is -2.32. The highest BCUT2D eigenvalue weighted by atomic mass is 14.5. The fourth-order valence-corrected chi connectivity index (χ4v) is 10.8. The number of hydrogen-bond acceptors (Lipinski definition) is 0. The standard InChI is InChI=1S/C26H20.C19H18.C18H16.C4H10.C2H6/c1-17-14-15-25-21(16-17)20-10-4-7-13-24(20)26(25)22-11-5-2-8-18(22)19-9-3-6-12-23(19)26;1-13-10-11-18-16-8-3-2-6-14(16)15-7-4-5-9-17(15)19(18)12-13;1-2-3-4-6-9-16-12-14-18(15-13-16)17-10-7-5-8-11-17;1-3-4-2;1-2/h2-3,5-9,11-16H,4,10H2,1H3;3,5,8-12H,2,4,6-7H2,1H3;2-15H,1H2;3-4H2,1-2H3;1-2H3/b;;4-3-,9-6-;;. The summed E-state index contributed by atoms with van der Waals surface area (Å²) in [5, 5.41) is 2.87. The first-order chi connectivity index (χ1) is 34.0. The van der Waals surface area contributed by atoms with Crippen LogP contribution in [-0.4, -0.2) is 0 Å². The molecule has 0 nitrogen and oxygen atoms in total. The number of aryl methyl sites for hydroxylation is 2. The lowest BCUT2D eigenvalue weighted by molar-refractivity contribution is 0.780. The van der Waals surface area contributed by atoms with E-state index in [-0.39, 0.29) is 5.41 Å². The Hall–Kier alpha value is -7.02. The highest BCUT2D eigenvalue weighted by Crippen LogP contribution is 2.63. The minimum absolute atomic E-state index is 0.136. The van der Waals surface area contributed by atoms with Gasteiger partial charge in [0, 0.05) is 0 Å². The lowest BCUT2D eigenvalue weighted by Crippen LogP contribution is -2.27. The molecule has 5 aliphatic rings. The van der Waals surface area contributed by atoms with Crippen LogP contribution in [0.25, 0.3) is 56.8 Å². The molecule has 0 unspecified atom stereocenters. The highest BCUT2D eigenvalue weighted by molar-refractivity contribution is 6.00. The van der Waals surface area contributed by atoms with Crippen LogP contribution < -0.4 is 0 Å². The zero-order chi connectivity index (χ0) is 48.2. The lowest BCUT2D eigenvalue weighted by atomic mass is 9.69. The van der Waals surface area contributed by atoms with Gasteiger partial charge in [0.25, 0.3) is 0 Å². The molecule has 0 aromatic heterocycles. The van der Waals surface area contributed by atoms with Crippen molar-refractivity contribution in [2.24, 2.45) is 0 Å². The molecule has 69 heavy (non-hydrogen) atoms. The monoisotopic (exact) mass is 899 g/mol. The largest absolute Gasteiger partial charge is 0.0991 e. The van der Waals surface area contributed by atoms with Crippen LogP contribution in [0.2, 0.25) is 0 Å². The van der Waals surface area contributed by atoms with Crippen LogP contribution in [-0.2, 0) is 18.3 Å². The van der Waals surface area contributed by atoms with E-state index in [1.807, 2.05) is 38.1 Å². The quantitative estimate of drug-likeness (QED) is 0.151. The van der Waals surface area contributed by atoms with E-state index < -0.39 is 0 Å². The second-order valence-electron chi connectivity index (χ2n) is 18.4. The molecule has 0 N–H and O–H groups in total. The summed E-state index contributed by atoms with van der Waals surface area (Å²) in [6.45, 7) is 16.4. The highest BCUT2D eigenvalue weighted by Gasteiger charge is 2.52. The van der Waals surface area contributed by atoms with Crippen LogP contribution in [0.5, 0.6) is 0 Å². The van der Waals surface area contributed by atoms with Crippen molar-refractivity contribution in [3.05, 3.63) is 261 Å². The maximum Gasteiger partial charge on any atom is 0.0722 e. The van der Waals surface area contributed by atoms with Crippen molar-refractivity contribution in [2.75, 3.05) is 0 Å². The Labute approximate surface area is 414 Å². The van der Waals surface area contributed by atoms with Gasteiger partial charge in [-0.3, -0.25) is 0 Å². The maximum atomic E-state index is 3.63. The molecule has 7 aromatic carbocycles. The van der Waals surface area contributed by atoms with Gasteiger partial charge in [0.1, 0.15) is 0 Å². The smallest absolute Gasteiger partial charge is 0.0722 e. The molecule has 7 aromatic rings. The predicted octanol–water partition coefficient (Wildman–Crippen LogP) is 19.4. The first kappa shape index (κ1) is 48.4. The van der Waals surface area contributed by atoms with Crippen LogP contribution >= 0.6 is 0 Å². The van der Waals surface area contributed by atoms with E-state index in [1.54, 1.807) is 22.8 Å². The number of fused-ring (bicyclic) bond motifs is 15. The average Bonchev–Trinajstić information content (AvgIpc) is 3.88. The van der Waals surface area contributed by atoms with Gasteiger partial charge in [-0.05, 0) is 147 Å². The number of benzene rings is 7. The Balaban J connectivity index is 0.000000135. The molecule has 0 bridgehead atoms. The van der Waals surface area contributed by atoms with Crippen molar-refractivity contribution < 1.29 is 0 Å². The van der Waals surface area contributed by atoms with Gasteiger partial charge in [0.2, 0.25) is 0 Å². The minimum Gasteiger partial charge on any atom is -0.0991 e. The van der Waals surface area contributed by atoms with Crippen LogP contribution in [0.1, 0.15) is 127 Å². The Morgan fingerprint density at radius 2 is 1.03 bits per heavy atom. The maximum absolute atomic E-state index is 3.63. The SMILES string of the molecule is C=C/C=C\C=C/c1ccc(-c2ccccc2)cc1.CC.CCCC.Cc1ccc2c(c1)C1=C(C=CCC1)C21c2ccccc2-c2ccccc21.Cc1ccc2c3c(c4c(c2c1)C=CCC4)CCC=C3. The van der Waals surface area contributed by atoms with Crippen molar-refractivity contribution in [1.29, 1.82) is 0 Å². The molecule has 0 atom stereocenters. The van der Waals surface area contributed by atoms with E-state index in [0.29, 0.717) is 0 Å². The average molecular weight is 899 g/mol. The molecule has 346 valence electrons. The van der Waals surface area contributed by atoms with Crippen molar-refractivity contribution in [2.45, 2.75) is 98.3 Å². The summed E-state index contributed by atoms with van der Waals surface area (Å²) in [6.07, 6.45) is 33.6. The second-order valence-corrected chi connectivity index (χ2v) is 18.4. The molecule has 0 heteroatoms. The van der Waals surface area contributed by atoms with Crippen molar-refractivity contribution in [1.82, 2.24) is 0 Å². The summed E-state index contributed by atoms with van der Waals surface area (Å²) in [7, 11) is 0. The molecule has 5 aliphatic carbocycles. The van der Waals surface area contributed by atoms with Gasteiger partial charge in [-0.15, -0.1) is 0 Å². The zero-order valence-corrected chi connectivity index (χ0v) is 42.0. The summed E-state index contributed by atoms with van der Waals surface area (Å²) in [4.78, 5) is 0. The van der Waals surface area contributed by atoms with Crippen LogP contribution in [0.4, 0.5) is 0 Å². The van der Waals surface area contributed by atoms with E-state index in [9.17, 15) is 0 Å². The van der Waals surface area contributed by atoms with Crippen LogP contribution in [0, 0.1) is 13.8 Å². The van der Waals surface area contributed by atoms with Gasteiger partial charge in [-0.25, -0.2) is 0 Å². The molecule has 0 radical (unpaired) electrons. The van der Waals surface area contributed by atoms with Crippen molar-refractivity contribution in [3.8, 4) is 22.3 Å². The van der Waals surface area contributed by atoms with E-state index in [1.165, 1.54) is 127 Å². The first-order valence-electron chi connectivity index (χ1n) is 25.7. The summed E-state index contributed by atoms with van der Waals surface area (Å²) in [6, 6.07) is 50.9. The normalized spacial score (nSPS) is 14.7. The van der Waals surface area contributed by atoms with Gasteiger partial charge in [0.15, 0.2) is 0 Å². The molecule has 0 heterocycles. The Morgan fingerprint density at radius 3 is 1.67 bits per heavy atom. The van der Waals surface area contributed by atoms with Gasteiger partial charge in [0.05, 0.1) is 5.41 Å². The molecular formula is C69H70. The fourth-order valence-electron chi connectivity index (χ4n) is 10.8. The van der Waals surface area contributed by atoms with E-state index in [4.69, 9.17) is 0 Å². The van der Waals surface area contributed by atoms with Crippen LogP contribution in [0.15, 0.2) is 200 Å². The van der Waals surface area contributed by atoms with Crippen molar-refractivity contribution >= 4 is 34.6 Å². The Kier molecular flexibility index (Phi) is 16.0. The van der Waals surface area contributed by atoms with E-state index >= 15 is 0 Å². The number of allylic oxidation sites excluding steroid dienone is 10.